The predicted molar refractivity (Wildman–Crippen MR) is 271 cm³/mol. The van der Waals surface area contributed by atoms with Crippen molar-refractivity contribution in [3.63, 3.8) is 0 Å². The summed E-state index contributed by atoms with van der Waals surface area (Å²) in [7, 11) is 0. The molecule has 1 spiro atoms. The summed E-state index contributed by atoms with van der Waals surface area (Å²) >= 11 is 0. The topological polar surface area (TPSA) is 3.24 Å². The van der Waals surface area contributed by atoms with Gasteiger partial charge in [-0.2, -0.15) is 0 Å². The lowest BCUT2D eigenvalue weighted by Crippen LogP contribution is -2.25. The fraction of sp³-hybridized carbons (Fsp3) is 0.0625. The van der Waals surface area contributed by atoms with E-state index in [0.717, 1.165) is 17.1 Å². The van der Waals surface area contributed by atoms with Gasteiger partial charge in [-0.05, 0) is 143 Å². The van der Waals surface area contributed by atoms with E-state index in [2.05, 4.69) is 255 Å². The van der Waals surface area contributed by atoms with Gasteiger partial charge in [-0.15, -0.1) is 0 Å². The lowest BCUT2D eigenvalue weighted by molar-refractivity contribution is 0.660. The monoisotopic (exact) mass is 827 g/mol. The van der Waals surface area contributed by atoms with Crippen LogP contribution in [0.2, 0.25) is 0 Å². The number of benzene rings is 10. The summed E-state index contributed by atoms with van der Waals surface area (Å²) in [5, 5.41) is 0. The third kappa shape index (κ3) is 5.46. The Bertz CT molecular complexity index is 3490. The third-order valence-corrected chi connectivity index (χ3v) is 14.7. The minimum atomic E-state index is -0.442. The maximum absolute atomic E-state index is 2.47. The van der Waals surface area contributed by atoms with E-state index >= 15 is 0 Å². The first-order valence-corrected chi connectivity index (χ1v) is 22.8. The van der Waals surface area contributed by atoms with Crippen molar-refractivity contribution in [2.24, 2.45) is 0 Å². The molecule has 0 bridgehead atoms. The average Bonchev–Trinajstić information content (AvgIpc) is 3.93. The molecule has 0 fully saturated rings. The Balaban J connectivity index is 0.960. The smallest absolute Gasteiger partial charge is 0.0725 e. The van der Waals surface area contributed by atoms with Crippen LogP contribution in [-0.2, 0) is 10.8 Å². The van der Waals surface area contributed by atoms with Crippen LogP contribution in [0.1, 0.15) is 47.2 Å². The second-order valence-corrected chi connectivity index (χ2v) is 18.4. The zero-order valence-corrected chi connectivity index (χ0v) is 36.5. The molecule has 10 aromatic rings. The normalized spacial score (nSPS) is 15.4. The summed E-state index contributed by atoms with van der Waals surface area (Å²) in [5.41, 5.74) is 26.2. The molecule has 0 heterocycles. The number of fused-ring (bicyclic) bond motifs is 13. The Labute approximate surface area is 381 Å². The van der Waals surface area contributed by atoms with Crippen molar-refractivity contribution in [1.29, 1.82) is 0 Å². The van der Waals surface area contributed by atoms with Crippen LogP contribution < -0.4 is 4.90 Å². The molecule has 1 nitrogen and oxygen atoms in total. The molecular weight excluding hydrogens is 783 g/mol. The van der Waals surface area contributed by atoms with Gasteiger partial charge in [-0.25, -0.2) is 0 Å². The second kappa shape index (κ2) is 14.3. The number of hydrogen-bond acceptors (Lipinski definition) is 1. The molecule has 10 aromatic carbocycles. The van der Waals surface area contributed by atoms with Gasteiger partial charge in [0, 0.05) is 22.5 Å². The highest BCUT2D eigenvalue weighted by atomic mass is 15.1. The summed E-state index contributed by atoms with van der Waals surface area (Å²) < 4.78 is 0. The summed E-state index contributed by atoms with van der Waals surface area (Å²) in [5.74, 6) is 0. The number of hydrogen-bond donors (Lipinski definition) is 0. The van der Waals surface area contributed by atoms with Crippen molar-refractivity contribution >= 4 is 17.1 Å². The highest BCUT2D eigenvalue weighted by molar-refractivity contribution is 6.00. The van der Waals surface area contributed by atoms with E-state index in [-0.39, 0.29) is 5.41 Å². The maximum atomic E-state index is 2.47. The Morgan fingerprint density at radius 2 is 0.692 bits per heavy atom. The molecule has 1 unspecified atom stereocenters. The van der Waals surface area contributed by atoms with Gasteiger partial charge in [0.1, 0.15) is 0 Å². The molecule has 0 saturated heterocycles. The van der Waals surface area contributed by atoms with Crippen LogP contribution in [0.5, 0.6) is 0 Å². The highest BCUT2D eigenvalue weighted by Crippen LogP contribution is 2.64. The molecular formula is C64H45N. The van der Waals surface area contributed by atoms with E-state index < -0.39 is 5.41 Å². The molecule has 0 aliphatic heterocycles. The quantitative estimate of drug-likeness (QED) is 0.161. The minimum absolute atomic E-state index is 0.112. The number of anilines is 3. The molecule has 3 aliphatic rings. The molecule has 0 aromatic heterocycles. The van der Waals surface area contributed by atoms with Crippen molar-refractivity contribution in [1.82, 2.24) is 0 Å². The fourth-order valence-electron chi connectivity index (χ4n) is 11.7. The van der Waals surface area contributed by atoms with Crippen LogP contribution in [0.15, 0.2) is 237 Å². The van der Waals surface area contributed by atoms with Crippen LogP contribution in [0, 0.1) is 0 Å². The van der Waals surface area contributed by atoms with E-state index in [4.69, 9.17) is 0 Å². The van der Waals surface area contributed by atoms with Gasteiger partial charge < -0.3 is 4.90 Å². The van der Waals surface area contributed by atoms with Crippen LogP contribution in [0.3, 0.4) is 0 Å². The minimum Gasteiger partial charge on any atom is -0.310 e. The van der Waals surface area contributed by atoms with Crippen LogP contribution in [-0.4, -0.2) is 0 Å². The third-order valence-electron chi connectivity index (χ3n) is 14.7. The second-order valence-electron chi connectivity index (χ2n) is 18.4. The maximum Gasteiger partial charge on any atom is 0.0725 e. The highest BCUT2D eigenvalue weighted by Gasteiger charge is 2.52. The van der Waals surface area contributed by atoms with Gasteiger partial charge in [0.2, 0.25) is 0 Å². The van der Waals surface area contributed by atoms with Crippen molar-refractivity contribution in [3.8, 4) is 66.8 Å². The predicted octanol–water partition coefficient (Wildman–Crippen LogP) is 16.8. The zero-order valence-electron chi connectivity index (χ0n) is 36.5. The molecule has 65 heavy (non-hydrogen) atoms. The summed E-state index contributed by atoms with van der Waals surface area (Å²) in [6.45, 7) is 4.72. The Hall–Kier alpha value is -8.00. The first-order valence-electron chi connectivity index (χ1n) is 22.8. The Morgan fingerprint density at radius 3 is 1.37 bits per heavy atom. The first kappa shape index (κ1) is 37.5. The summed E-state index contributed by atoms with van der Waals surface area (Å²) in [6, 6.07) is 88.1. The van der Waals surface area contributed by atoms with E-state index in [1.165, 1.54) is 100 Å². The lowest BCUT2D eigenvalue weighted by atomic mass is 9.70. The summed E-state index contributed by atoms with van der Waals surface area (Å²) in [6.07, 6.45) is 0. The van der Waals surface area contributed by atoms with Crippen molar-refractivity contribution in [3.05, 3.63) is 270 Å². The average molecular weight is 828 g/mol. The van der Waals surface area contributed by atoms with Gasteiger partial charge in [0.05, 0.1) is 5.41 Å². The van der Waals surface area contributed by atoms with Crippen molar-refractivity contribution in [2.45, 2.75) is 24.7 Å². The van der Waals surface area contributed by atoms with Gasteiger partial charge in [0.15, 0.2) is 0 Å². The standard InChI is InChI=1S/C64H45N/c1-63(2)56-24-12-9-20-51(56)53-39-37-49(41-60(53)63)65(47-33-28-44(29-34-47)42-16-5-3-6-17-42)48-35-30-45(31-36-48)50-23-15-27-59-62(50)55-22-11-14-26-58(55)64(59)57-25-13-10-21-52(57)54-38-32-46(40-61(54)64)43-18-7-4-8-19-43/h3-41H,1-2H3. The molecule has 3 aliphatic carbocycles. The van der Waals surface area contributed by atoms with Crippen LogP contribution in [0.25, 0.3) is 66.8 Å². The molecule has 0 amide bonds. The van der Waals surface area contributed by atoms with Gasteiger partial charge in [-0.3, -0.25) is 0 Å². The van der Waals surface area contributed by atoms with Gasteiger partial charge in [0.25, 0.3) is 0 Å². The van der Waals surface area contributed by atoms with E-state index in [1.807, 2.05) is 0 Å². The van der Waals surface area contributed by atoms with Crippen molar-refractivity contribution in [2.75, 3.05) is 4.90 Å². The molecule has 1 atom stereocenters. The molecule has 0 saturated carbocycles. The summed E-state index contributed by atoms with van der Waals surface area (Å²) in [4.78, 5) is 2.42. The van der Waals surface area contributed by atoms with E-state index in [1.54, 1.807) is 0 Å². The SMILES string of the molecule is CC1(C)c2ccccc2-c2ccc(N(c3ccc(-c4ccccc4)cc3)c3ccc(-c4cccc5c4-c4ccccc4C54c5ccccc5-c5ccc(-c6ccccc6)cc54)cc3)cc21. The molecule has 13 rings (SSSR count). The van der Waals surface area contributed by atoms with Crippen molar-refractivity contribution < 1.29 is 0 Å². The molecule has 0 N–H and O–H groups in total. The Morgan fingerprint density at radius 1 is 0.262 bits per heavy atom. The number of rotatable bonds is 6. The molecule has 306 valence electrons. The zero-order chi connectivity index (χ0) is 43.3. The fourth-order valence-corrected chi connectivity index (χ4v) is 11.7. The molecule has 0 radical (unpaired) electrons. The van der Waals surface area contributed by atoms with Crippen LogP contribution >= 0.6 is 0 Å². The van der Waals surface area contributed by atoms with E-state index in [0.29, 0.717) is 0 Å². The Kier molecular flexibility index (Phi) is 8.24. The van der Waals surface area contributed by atoms with E-state index in [9.17, 15) is 0 Å². The molecule has 1 heteroatoms. The largest absolute Gasteiger partial charge is 0.310 e. The van der Waals surface area contributed by atoms with Crippen LogP contribution in [0.4, 0.5) is 17.1 Å². The van der Waals surface area contributed by atoms with Gasteiger partial charge in [-0.1, -0.05) is 208 Å². The van der Waals surface area contributed by atoms with Gasteiger partial charge >= 0.3 is 0 Å². The number of nitrogens with zero attached hydrogens (tertiary/aromatic N) is 1. The first-order chi connectivity index (χ1) is 32.0. The lowest BCUT2D eigenvalue weighted by Gasteiger charge is -2.31.